The van der Waals surface area contributed by atoms with Gasteiger partial charge in [-0.2, -0.15) is 0 Å². The van der Waals surface area contributed by atoms with Gasteiger partial charge in [-0.1, -0.05) is 59.8 Å². The molecule has 28 heavy (non-hydrogen) atoms. The van der Waals surface area contributed by atoms with Crippen LogP contribution >= 0.6 is 0 Å². The van der Waals surface area contributed by atoms with Crippen LogP contribution in [0.1, 0.15) is 17.2 Å². The molecule has 0 aliphatic carbocycles. The van der Waals surface area contributed by atoms with Crippen LogP contribution in [0.4, 0.5) is 0 Å². The number of nitrogens with zero attached hydrogens (tertiary/aromatic N) is 3. The molecule has 6 nitrogen and oxygen atoms in total. The van der Waals surface area contributed by atoms with Gasteiger partial charge in [0.1, 0.15) is 17.8 Å². The van der Waals surface area contributed by atoms with E-state index in [1.165, 1.54) is 0 Å². The predicted molar refractivity (Wildman–Crippen MR) is 107 cm³/mol. The Balaban J connectivity index is 1.59. The van der Waals surface area contributed by atoms with E-state index < -0.39 is 0 Å². The first kappa shape index (κ1) is 17.7. The van der Waals surface area contributed by atoms with Crippen LogP contribution in [0.25, 0.3) is 11.0 Å². The summed E-state index contributed by atoms with van der Waals surface area (Å²) in [5.74, 6) is 0.635. The van der Waals surface area contributed by atoms with Gasteiger partial charge in [0.2, 0.25) is 5.91 Å². The van der Waals surface area contributed by atoms with Gasteiger partial charge in [-0.05, 0) is 35.4 Å². The zero-order valence-electron chi connectivity index (χ0n) is 15.4. The maximum Gasteiger partial charge on any atom is 0.242 e. The molecule has 1 N–H and O–H groups in total. The highest BCUT2D eigenvalue weighted by Gasteiger charge is 2.18. The lowest BCUT2D eigenvalue weighted by molar-refractivity contribution is -0.122. The number of hydrogen-bond acceptors (Lipinski definition) is 4. The van der Waals surface area contributed by atoms with E-state index >= 15 is 0 Å². The third kappa shape index (κ3) is 3.71. The summed E-state index contributed by atoms with van der Waals surface area (Å²) in [5, 5.41) is 11.3. The maximum atomic E-state index is 12.8. The van der Waals surface area contributed by atoms with E-state index in [-0.39, 0.29) is 18.5 Å². The fourth-order valence-corrected chi connectivity index (χ4v) is 3.18. The molecule has 0 fully saturated rings. The summed E-state index contributed by atoms with van der Waals surface area (Å²) in [5.41, 5.74) is 3.58. The molecule has 1 atom stereocenters. The predicted octanol–water partition coefficient (Wildman–Crippen LogP) is 3.35. The van der Waals surface area contributed by atoms with Crippen LogP contribution in [0.2, 0.25) is 0 Å². The van der Waals surface area contributed by atoms with E-state index in [1.807, 2.05) is 78.9 Å². The summed E-state index contributed by atoms with van der Waals surface area (Å²) in [6.45, 7) is 0.0972. The maximum absolute atomic E-state index is 12.8. The number of hydrogen-bond donors (Lipinski definition) is 1. The number of methoxy groups -OCH3 is 1. The summed E-state index contributed by atoms with van der Waals surface area (Å²) in [4.78, 5) is 12.8. The normalized spacial score (nSPS) is 11.9. The van der Waals surface area contributed by atoms with Crippen molar-refractivity contribution < 1.29 is 9.53 Å². The molecule has 0 radical (unpaired) electrons. The first-order valence-electron chi connectivity index (χ1n) is 9.01. The van der Waals surface area contributed by atoms with Crippen LogP contribution in [0, 0.1) is 0 Å². The highest BCUT2D eigenvalue weighted by atomic mass is 16.5. The van der Waals surface area contributed by atoms with Crippen LogP contribution in [0.3, 0.4) is 0 Å². The van der Waals surface area contributed by atoms with Crippen molar-refractivity contribution in [1.29, 1.82) is 0 Å². The molecular formula is C22H20N4O2. The Hall–Kier alpha value is -3.67. The Kier molecular flexibility index (Phi) is 5.01. The second-order valence-electron chi connectivity index (χ2n) is 6.42. The third-order valence-corrected chi connectivity index (χ3v) is 4.60. The number of carbonyl (C=O) groups is 1. The van der Waals surface area contributed by atoms with E-state index in [9.17, 15) is 4.79 Å². The quantitative estimate of drug-likeness (QED) is 0.564. The topological polar surface area (TPSA) is 69.0 Å². The molecule has 6 heteroatoms. The molecule has 0 bridgehead atoms. The van der Waals surface area contributed by atoms with Gasteiger partial charge >= 0.3 is 0 Å². The summed E-state index contributed by atoms with van der Waals surface area (Å²) in [6.07, 6.45) is 0. The second kappa shape index (κ2) is 7.92. The number of benzene rings is 3. The fourth-order valence-electron chi connectivity index (χ4n) is 3.18. The molecule has 140 valence electrons. The Morgan fingerprint density at radius 1 is 0.964 bits per heavy atom. The smallest absolute Gasteiger partial charge is 0.242 e. The van der Waals surface area contributed by atoms with Gasteiger partial charge in [0, 0.05) is 0 Å². The lowest BCUT2D eigenvalue weighted by Gasteiger charge is -2.20. The van der Waals surface area contributed by atoms with Crippen molar-refractivity contribution >= 4 is 16.9 Å². The van der Waals surface area contributed by atoms with Gasteiger partial charge < -0.3 is 10.1 Å². The van der Waals surface area contributed by atoms with Gasteiger partial charge in [0.25, 0.3) is 0 Å². The molecule has 0 saturated carbocycles. The van der Waals surface area contributed by atoms with Crippen molar-refractivity contribution in [3.63, 3.8) is 0 Å². The first-order chi connectivity index (χ1) is 13.7. The van der Waals surface area contributed by atoms with Crippen molar-refractivity contribution in [3.8, 4) is 5.75 Å². The largest absolute Gasteiger partial charge is 0.497 e. The van der Waals surface area contributed by atoms with Crippen LogP contribution in [-0.2, 0) is 11.3 Å². The number of aromatic nitrogens is 3. The first-order valence-corrected chi connectivity index (χ1v) is 9.01. The van der Waals surface area contributed by atoms with Crippen molar-refractivity contribution in [1.82, 2.24) is 20.3 Å². The SMILES string of the molecule is COc1ccc([C@@H](NC(=O)Cn2nnc3ccccc32)c2ccccc2)cc1. The van der Waals surface area contributed by atoms with Gasteiger partial charge in [0.15, 0.2) is 0 Å². The highest BCUT2D eigenvalue weighted by molar-refractivity contribution is 5.80. The minimum Gasteiger partial charge on any atom is -0.497 e. The number of fused-ring (bicyclic) bond motifs is 1. The van der Waals surface area contributed by atoms with Gasteiger partial charge in [-0.25, -0.2) is 4.68 Å². The number of amides is 1. The van der Waals surface area contributed by atoms with E-state index in [1.54, 1.807) is 11.8 Å². The van der Waals surface area contributed by atoms with Crippen LogP contribution < -0.4 is 10.1 Å². The van der Waals surface area contributed by atoms with Crippen molar-refractivity contribution in [2.45, 2.75) is 12.6 Å². The molecular weight excluding hydrogens is 352 g/mol. The fraction of sp³-hybridized carbons (Fsp3) is 0.136. The Morgan fingerprint density at radius 2 is 1.64 bits per heavy atom. The standard InChI is InChI=1S/C22H20N4O2/c1-28-18-13-11-17(12-14-18)22(16-7-3-2-4-8-16)23-21(27)15-26-20-10-6-5-9-19(20)24-25-26/h2-14,22H,15H2,1H3,(H,23,27)/t22-/m0/s1. The van der Waals surface area contributed by atoms with Crippen molar-refractivity contribution in [2.24, 2.45) is 0 Å². The monoisotopic (exact) mass is 372 g/mol. The lowest BCUT2D eigenvalue weighted by Crippen LogP contribution is -2.32. The zero-order valence-corrected chi connectivity index (χ0v) is 15.4. The summed E-state index contributed by atoms with van der Waals surface area (Å²) >= 11 is 0. The molecule has 0 aliphatic rings. The summed E-state index contributed by atoms with van der Waals surface area (Å²) in [6, 6.07) is 24.9. The molecule has 4 aromatic rings. The van der Waals surface area contributed by atoms with E-state index in [0.717, 1.165) is 27.9 Å². The number of rotatable bonds is 6. The van der Waals surface area contributed by atoms with Crippen LogP contribution in [0.15, 0.2) is 78.9 Å². The summed E-state index contributed by atoms with van der Waals surface area (Å²) < 4.78 is 6.85. The molecule has 0 saturated heterocycles. The molecule has 3 aromatic carbocycles. The number of carbonyl (C=O) groups excluding carboxylic acids is 1. The third-order valence-electron chi connectivity index (χ3n) is 4.60. The molecule has 1 heterocycles. The molecule has 0 unspecified atom stereocenters. The average Bonchev–Trinajstić information content (AvgIpc) is 3.15. The Bertz CT molecular complexity index is 1070. The number of para-hydroxylation sites is 1. The molecule has 0 spiro atoms. The number of ether oxygens (including phenoxy) is 1. The van der Waals surface area contributed by atoms with Gasteiger partial charge in [-0.3, -0.25) is 4.79 Å². The van der Waals surface area contributed by atoms with E-state index in [0.29, 0.717) is 0 Å². The second-order valence-corrected chi connectivity index (χ2v) is 6.42. The number of nitrogens with one attached hydrogen (secondary N) is 1. The lowest BCUT2D eigenvalue weighted by atomic mass is 9.98. The molecule has 0 aliphatic heterocycles. The van der Waals surface area contributed by atoms with E-state index in [2.05, 4.69) is 15.6 Å². The zero-order chi connectivity index (χ0) is 19.3. The van der Waals surface area contributed by atoms with Crippen molar-refractivity contribution in [2.75, 3.05) is 7.11 Å². The molecule has 1 aromatic heterocycles. The minimum absolute atomic E-state index is 0.0972. The van der Waals surface area contributed by atoms with E-state index in [4.69, 9.17) is 4.74 Å². The van der Waals surface area contributed by atoms with Gasteiger partial charge in [-0.15, -0.1) is 5.10 Å². The molecule has 1 amide bonds. The van der Waals surface area contributed by atoms with Crippen LogP contribution in [0.5, 0.6) is 5.75 Å². The minimum atomic E-state index is -0.269. The highest BCUT2D eigenvalue weighted by Crippen LogP contribution is 2.24. The Labute approximate surface area is 162 Å². The summed E-state index contributed by atoms with van der Waals surface area (Å²) in [7, 11) is 1.63. The van der Waals surface area contributed by atoms with Gasteiger partial charge in [0.05, 0.1) is 18.7 Å². The molecule has 4 rings (SSSR count). The van der Waals surface area contributed by atoms with Crippen LogP contribution in [-0.4, -0.2) is 28.0 Å². The average molecular weight is 372 g/mol. The Morgan fingerprint density at radius 3 is 2.39 bits per heavy atom. The van der Waals surface area contributed by atoms with Crippen molar-refractivity contribution in [3.05, 3.63) is 90.0 Å².